The molecule has 0 amide bonds. The summed E-state index contributed by atoms with van der Waals surface area (Å²) in [6, 6.07) is 0. The van der Waals surface area contributed by atoms with Gasteiger partial charge in [-0.05, 0) is 0 Å². The first-order valence-corrected chi connectivity index (χ1v) is 2.35. The summed E-state index contributed by atoms with van der Waals surface area (Å²) in [4.78, 5) is 21.6. The summed E-state index contributed by atoms with van der Waals surface area (Å²) in [6.45, 7) is 0. The van der Waals surface area contributed by atoms with E-state index in [-0.39, 0.29) is 68.6 Å². The molecule has 0 heterocycles. The van der Waals surface area contributed by atoms with Crippen LogP contribution in [0.3, 0.4) is 0 Å². The zero-order valence-electron chi connectivity index (χ0n) is 3.13. The zero-order valence-corrected chi connectivity index (χ0v) is 7.96. The van der Waals surface area contributed by atoms with Crippen LogP contribution in [0.1, 0.15) is 0 Å². The molecule has 0 aromatic heterocycles. The smallest absolute Gasteiger partial charge is 0 e. The summed E-state index contributed by atoms with van der Waals surface area (Å²) in [5, 5.41) is 0. The predicted octanol–water partition coefficient (Wildman–Crippen LogP) is -1.58. The van der Waals surface area contributed by atoms with Crippen molar-refractivity contribution < 1.29 is 69.0 Å². The fourth-order valence-electron chi connectivity index (χ4n) is 0. The third kappa shape index (κ3) is 82.4. The van der Waals surface area contributed by atoms with Crippen molar-refractivity contribution >= 4 is 26.7 Å². The monoisotopic (exact) mass is 251 g/mol. The van der Waals surface area contributed by atoms with Crippen LogP contribution in [-0.4, -0.2) is 33.5 Å². The van der Waals surface area contributed by atoms with Gasteiger partial charge in [0.25, 0.3) is 0 Å². The molecule has 8 heteroatoms. The topological polar surface area (TPSA) is 77.8 Å². The maximum absolute atomic E-state index is 8.88. The van der Waals surface area contributed by atoms with Crippen LogP contribution >= 0.6 is 7.82 Å². The average molecular weight is 251 g/mol. The Morgan fingerprint density at radius 2 is 1.12 bits per heavy atom. The first-order valence-electron chi connectivity index (χ1n) is 0.783. The molecule has 0 atom stereocenters. The van der Waals surface area contributed by atoms with Crippen molar-refractivity contribution in [2.45, 2.75) is 0 Å². The van der Waals surface area contributed by atoms with Gasteiger partial charge >= 0.3 is 26.7 Å². The Morgan fingerprint density at radius 3 is 1.12 bits per heavy atom. The number of hydrogen-bond donors (Lipinski definition) is 3. The van der Waals surface area contributed by atoms with E-state index in [2.05, 4.69) is 0 Å². The fourth-order valence-corrected chi connectivity index (χ4v) is 0. The van der Waals surface area contributed by atoms with Gasteiger partial charge in [-0.15, -0.1) is 0 Å². The van der Waals surface area contributed by atoms with Gasteiger partial charge in [-0.25, -0.2) is 4.57 Å². The molecule has 0 saturated heterocycles. The van der Waals surface area contributed by atoms with Gasteiger partial charge < -0.3 is 14.7 Å². The van der Waals surface area contributed by atoms with E-state index in [4.69, 9.17) is 19.2 Å². The summed E-state index contributed by atoms with van der Waals surface area (Å²) in [7, 11) is -4.64. The van der Waals surface area contributed by atoms with Gasteiger partial charge in [0, 0.05) is 49.8 Å². The second-order valence-electron chi connectivity index (χ2n) is 0.513. The van der Waals surface area contributed by atoms with E-state index in [0.717, 1.165) is 0 Å². The molecule has 0 aliphatic carbocycles. The summed E-state index contributed by atoms with van der Waals surface area (Å²) in [5.41, 5.74) is 0. The molecule has 1 radical (unpaired) electrons. The Labute approximate surface area is 94.6 Å². The van der Waals surface area contributed by atoms with Crippen LogP contribution in [0.15, 0.2) is 0 Å². The van der Waals surface area contributed by atoms with E-state index in [1.165, 1.54) is 0 Å². The molecule has 0 spiro atoms. The van der Waals surface area contributed by atoms with Crippen molar-refractivity contribution in [2.24, 2.45) is 0 Å². The number of rotatable bonds is 0. The largest absolute Gasteiger partial charge is 0 e. The molecule has 0 rings (SSSR count). The van der Waals surface area contributed by atoms with Crippen LogP contribution in [0, 0.1) is 0 Å². The van der Waals surface area contributed by atoms with Gasteiger partial charge in [0.15, 0.2) is 0 Å². The Morgan fingerprint density at radius 1 is 1.12 bits per heavy atom. The van der Waals surface area contributed by atoms with Gasteiger partial charge in [-0.1, -0.05) is 0 Å². The fraction of sp³-hybridized carbons (Fsp3) is 0. The minimum absolute atomic E-state index is 0. The van der Waals surface area contributed by atoms with Crippen molar-refractivity contribution in [2.75, 3.05) is 0 Å². The van der Waals surface area contributed by atoms with Crippen LogP contribution in [-0.2, 0) is 54.3 Å². The molecule has 0 aromatic rings. The second kappa shape index (κ2) is 9.33. The molecule has 3 N–H and O–H groups in total. The molecule has 0 saturated carbocycles. The standard InChI is InChI=1S/Fe.Li.H3O4P.Y.H/c;;1-5(2,3)4;;/h;;(H3,1,2,3,4);;. The van der Waals surface area contributed by atoms with Gasteiger partial charge in [0.1, 0.15) is 0 Å². The van der Waals surface area contributed by atoms with E-state index >= 15 is 0 Å². The van der Waals surface area contributed by atoms with Crippen molar-refractivity contribution in [3.8, 4) is 0 Å². The van der Waals surface area contributed by atoms with E-state index in [1.54, 1.807) is 0 Å². The quantitative estimate of drug-likeness (QED) is 0.358. The maximum Gasteiger partial charge on any atom is 0 e. The first kappa shape index (κ1) is 22.4. The first-order chi connectivity index (χ1) is 2.00. The molecule has 0 fully saturated rings. The Hall–Kier alpha value is 2.33. The Bertz CT molecular complexity index is 62.2. The Balaban J connectivity index is -0.0000000267. The molecule has 0 aromatic carbocycles. The van der Waals surface area contributed by atoms with Crippen molar-refractivity contribution in [3.63, 3.8) is 0 Å². The minimum atomic E-state index is -4.64. The third-order valence-corrected chi connectivity index (χ3v) is 0. The van der Waals surface area contributed by atoms with E-state index in [9.17, 15) is 0 Å². The Kier molecular flexibility index (Phi) is 26.2. The third-order valence-electron chi connectivity index (χ3n) is 0. The van der Waals surface area contributed by atoms with Crippen LogP contribution < -0.4 is 0 Å². The minimum Gasteiger partial charge on any atom is 0 e. The molecular formula is H4FeLiO4PY. The molecule has 0 unspecified atom stereocenters. The average Bonchev–Trinajstić information content (AvgIpc) is 0.722. The van der Waals surface area contributed by atoms with Crippen LogP contribution in [0.4, 0.5) is 0 Å². The van der Waals surface area contributed by atoms with Gasteiger partial charge in [-0.3, -0.25) is 0 Å². The molecule has 0 aliphatic heterocycles. The molecule has 0 bridgehead atoms. The molecular weight excluding hydrogens is 247 g/mol. The predicted molar refractivity (Wildman–Crippen MR) is 21.4 cm³/mol. The van der Waals surface area contributed by atoms with Crippen LogP contribution in [0.2, 0.25) is 0 Å². The molecule has 45 valence electrons. The SMILES string of the molecule is O=P(O)(O)O.[Fe].[LiH].[Y]. The normalized spacial score (nSPS) is 7.38. The van der Waals surface area contributed by atoms with Crippen LogP contribution in [0.5, 0.6) is 0 Å². The summed E-state index contributed by atoms with van der Waals surface area (Å²) in [6.07, 6.45) is 0. The molecule has 4 nitrogen and oxygen atoms in total. The second-order valence-corrected chi connectivity index (χ2v) is 1.54. The molecule has 0 aliphatic rings. The summed E-state index contributed by atoms with van der Waals surface area (Å²) in [5.74, 6) is 0. The summed E-state index contributed by atoms with van der Waals surface area (Å²) < 4.78 is 8.88. The van der Waals surface area contributed by atoms with Gasteiger partial charge in [0.2, 0.25) is 0 Å². The number of hydrogen-bond acceptors (Lipinski definition) is 1. The van der Waals surface area contributed by atoms with Gasteiger partial charge in [0.05, 0.1) is 0 Å². The van der Waals surface area contributed by atoms with Crippen molar-refractivity contribution in [1.82, 2.24) is 0 Å². The van der Waals surface area contributed by atoms with Gasteiger partial charge in [-0.2, -0.15) is 0 Å². The van der Waals surface area contributed by atoms with E-state index in [1.807, 2.05) is 0 Å². The maximum atomic E-state index is 8.88. The zero-order chi connectivity index (χ0) is 4.50. The van der Waals surface area contributed by atoms with Crippen molar-refractivity contribution in [1.29, 1.82) is 0 Å². The number of phosphoric acid groups is 1. The van der Waals surface area contributed by atoms with E-state index in [0.29, 0.717) is 0 Å². The molecule has 8 heavy (non-hydrogen) atoms. The summed E-state index contributed by atoms with van der Waals surface area (Å²) >= 11 is 0. The van der Waals surface area contributed by atoms with Crippen molar-refractivity contribution in [3.05, 3.63) is 0 Å². The van der Waals surface area contributed by atoms with Crippen LogP contribution in [0.25, 0.3) is 0 Å². The van der Waals surface area contributed by atoms with E-state index < -0.39 is 7.82 Å².